The topological polar surface area (TPSA) is 79.6 Å². The molecule has 25 heavy (non-hydrogen) atoms. The number of imidazole rings is 1. The largest absolute Gasteiger partial charge is 0.325 e. The summed E-state index contributed by atoms with van der Waals surface area (Å²) in [7, 11) is 0. The summed E-state index contributed by atoms with van der Waals surface area (Å²) in [4.78, 5) is 35.4. The first-order valence-electron chi connectivity index (χ1n) is 7.99. The molecule has 7 nitrogen and oxygen atoms in total. The zero-order chi connectivity index (χ0) is 17.6. The molecule has 1 aliphatic rings. The van der Waals surface area contributed by atoms with Gasteiger partial charge in [0.1, 0.15) is 5.65 Å². The molecule has 0 bridgehead atoms. The van der Waals surface area contributed by atoms with E-state index < -0.39 is 11.6 Å². The van der Waals surface area contributed by atoms with Crippen LogP contribution in [0.4, 0.5) is 4.79 Å². The molecule has 1 atom stereocenters. The highest BCUT2D eigenvalue weighted by molar-refractivity contribution is 6.06. The van der Waals surface area contributed by atoms with Crippen LogP contribution in [0.15, 0.2) is 48.8 Å². The zero-order valence-corrected chi connectivity index (χ0v) is 13.9. The third-order valence-electron chi connectivity index (χ3n) is 4.59. The van der Waals surface area contributed by atoms with Crippen molar-refractivity contribution in [3.05, 3.63) is 65.9 Å². The Morgan fingerprint density at radius 1 is 1.16 bits per heavy atom. The Morgan fingerprint density at radius 3 is 2.72 bits per heavy atom. The van der Waals surface area contributed by atoms with Crippen LogP contribution >= 0.6 is 0 Å². The van der Waals surface area contributed by atoms with Crippen molar-refractivity contribution in [1.82, 2.24) is 24.6 Å². The summed E-state index contributed by atoms with van der Waals surface area (Å²) in [5.74, 6) is -0.318. The fraction of sp³-hybridized carbons (Fsp3) is 0.222. The first-order valence-corrected chi connectivity index (χ1v) is 7.99. The minimum atomic E-state index is -1.16. The molecule has 0 aliphatic carbocycles. The van der Waals surface area contributed by atoms with E-state index in [0.29, 0.717) is 5.69 Å². The Morgan fingerprint density at radius 2 is 1.96 bits per heavy atom. The number of imide groups is 1. The summed E-state index contributed by atoms with van der Waals surface area (Å²) in [6, 6.07) is 10.6. The van der Waals surface area contributed by atoms with Crippen LogP contribution in [0, 0.1) is 6.92 Å². The van der Waals surface area contributed by atoms with Gasteiger partial charge in [0.05, 0.1) is 23.6 Å². The molecule has 1 unspecified atom stereocenters. The van der Waals surface area contributed by atoms with E-state index in [1.807, 2.05) is 35.7 Å². The lowest BCUT2D eigenvalue weighted by Gasteiger charge is -2.21. The summed E-state index contributed by atoms with van der Waals surface area (Å²) in [6.45, 7) is 3.71. The number of rotatable bonds is 3. The number of aryl methyl sites for hydroxylation is 1. The number of carbonyl (C=O) groups excluding carboxylic acids is 2. The highest BCUT2D eigenvalue weighted by atomic mass is 16.2. The van der Waals surface area contributed by atoms with Crippen LogP contribution in [0.1, 0.15) is 24.0 Å². The number of nitrogens with one attached hydrogen (secondary N) is 1. The summed E-state index contributed by atoms with van der Waals surface area (Å²) < 4.78 is 1.90. The zero-order valence-electron chi connectivity index (χ0n) is 13.9. The van der Waals surface area contributed by atoms with Gasteiger partial charge in [-0.25, -0.2) is 9.78 Å². The monoisotopic (exact) mass is 335 g/mol. The van der Waals surface area contributed by atoms with Gasteiger partial charge in [0.2, 0.25) is 0 Å². The normalized spacial score (nSPS) is 20.3. The van der Waals surface area contributed by atoms with E-state index in [0.717, 1.165) is 17.0 Å². The summed E-state index contributed by atoms with van der Waals surface area (Å²) >= 11 is 0. The van der Waals surface area contributed by atoms with Gasteiger partial charge >= 0.3 is 6.03 Å². The van der Waals surface area contributed by atoms with Crippen LogP contribution in [0.5, 0.6) is 0 Å². The Hall–Kier alpha value is -3.22. The van der Waals surface area contributed by atoms with Crippen LogP contribution in [-0.2, 0) is 16.9 Å². The van der Waals surface area contributed by atoms with Crippen LogP contribution < -0.4 is 5.32 Å². The van der Waals surface area contributed by atoms with Crippen molar-refractivity contribution in [3.63, 3.8) is 0 Å². The lowest BCUT2D eigenvalue weighted by Crippen LogP contribution is -2.41. The van der Waals surface area contributed by atoms with Gasteiger partial charge in [-0.05, 0) is 38.1 Å². The second kappa shape index (κ2) is 5.41. The van der Waals surface area contributed by atoms with E-state index in [1.165, 1.54) is 4.90 Å². The number of carbonyl (C=O) groups is 2. The Kier molecular flexibility index (Phi) is 3.31. The predicted molar refractivity (Wildman–Crippen MR) is 90.6 cm³/mol. The summed E-state index contributed by atoms with van der Waals surface area (Å²) in [5, 5.41) is 2.77. The van der Waals surface area contributed by atoms with Crippen LogP contribution in [0.25, 0.3) is 5.65 Å². The van der Waals surface area contributed by atoms with Crippen molar-refractivity contribution in [3.8, 4) is 0 Å². The van der Waals surface area contributed by atoms with E-state index in [4.69, 9.17) is 0 Å². The number of aromatic nitrogens is 3. The average molecular weight is 335 g/mol. The van der Waals surface area contributed by atoms with Gasteiger partial charge in [-0.3, -0.25) is 14.7 Å². The highest BCUT2D eigenvalue weighted by Gasteiger charge is 2.50. The van der Waals surface area contributed by atoms with Crippen molar-refractivity contribution >= 4 is 17.6 Å². The molecular formula is C18H17N5O2. The standard InChI is InChI=1S/C18H17N5O2/c1-12-13(22-10-6-4-8-15(22)20-12)11-23-16(24)18(2,21-17(23)25)14-7-3-5-9-19-14/h3-10H,11H2,1-2H3,(H,21,25). The number of urea groups is 1. The predicted octanol–water partition coefficient (Wildman–Crippen LogP) is 2.00. The smallest absolute Gasteiger partial charge is 0.318 e. The quantitative estimate of drug-likeness (QED) is 0.743. The maximum Gasteiger partial charge on any atom is 0.325 e. The second-order valence-corrected chi connectivity index (χ2v) is 6.23. The lowest BCUT2D eigenvalue weighted by atomic mass is 9.97. The Labute approximate surface area is 144 Å². The molecule has 4 rings (SSSR count). The first-order chi connectivity index (χ1) is 12.0. The van der Waals surface area contributed by atoms with Crippen LogP contribution in [-0.4, -0.2) is 31.2 Å². The molecule has 0 spiro atoms. The van der Waals surface area contributed by atoms with Crippen molar-refractivity contribution in [2.24, 2.45) is 0 Å². The van der Waals surface area contributed by atoms with Crippen LogP contribution in [0.3, 0.4) is 0 Å². The average Bonchev–Trinajstić information content (AvgIpc) is 3.05. The van der Waals surface area contributed by atoms with Crippen LogP contribution in [0.2, 0.25) is 0 Å². The third kappa shape index (κ3) is 2.27. The van der Waals surface area contributed by atoms with Crippen molar-refractivity contribution in [2.75, 3.05) is 0 Å². The Balaban J connectivity index is 1.71. The molecule has 0 aromatic carbocycles. The maximum atomic E-state index is 13.0. The molecule has 1 aliphatic heterocycles. The fourth-order valence-corrected chi connectivity index (χ4v) is 3.18. The number of nitrogens with zero attached hydrogens (tertiary/aromatic N) is 4. The molecule has 1 saturated heterocycles. The first kappa shape index (κ1) is 15.3. The van der Waals surface area contributed by atoms with Gasteiger partial charge in [-0.1, -0.05) is 12.1 Å². The number of pyridine rings is 2. The van der Waals surface area contributed by atoms with Crippen molar-refractivity contribution < 1.29 is 9.59 Å². The third-order valence-corrected chi connectivity index (χ3v) is 4.59. The fourth-order valence-electron chi connectivity index (χ4n) is 3.18. The molecule has 3 amide bonds. The van der Waals surface area contributed by atoms with Gasteiger partial charge in [-0.15, -0.1) is 0 Å². The molecular weight excluding hydrogens is 318 g/mol. The van der Waals surface area contributed by atoms with Gasteiger partial charge in [0.15, 0.2) is 5.54 Å². The van der Waals surface area contributed by atoms with Gasteiger partial charge < -0.3 is 9.72 Å². The molecule has 1 N–H and O–H groups in total. The number of fused-ring (bicyclic) bond motifs is 1. The minimum Gasteiger partial charge on any atom is -0.318 e. The molecule has 7 heteroatoms. The number of hydrogen-bond acceptors (Lipinski definition) is 4. The highest BCUT2D eigenvalue weighted by Crippen LogP contribution is 2.28. The van der Waals surface area contributed by atoms with E-state index in [1.54, 1.807) is 31.3 Å². The molecule has 126 valence electrons. The molecule has 1 fully saturated rings. The van der Waals surface area contributed by atoms with E-state index in [9.17, 15) is 9.59 Å². The maximum absolute atomic E-state index is 13.0. The summed E-state index contributed by atoms with van der Waals surface area (Å²) in [6.07, 6.45) is 3.48. The summed E-state index contributed by atoms with van der Waals surface area (Å²) in [5.41, 5.74) is 1.75. The molecule has 0 saturated carbocycles. The number of amides is 3. The Bertz CT molecular complexity index is 982. The van der Waals surface area contributed by atoms with E-state index >= 15 is 0 Å². The van der Waals surface area contributed by atoms with Crippen molar-refractivity contribution in [2.45, 2.75) is 25.9 Å². The molecule has 0 radical (unpaired) electrons. The second-order valence-electron chi connectivity index (χ2n) is 6.23. The molecule has 3 aromatic rings. The van der Waals surface area contributed by atoms with E-state index in [-0.39, 0.29) is 12.5 Å². The van der Waals surface area contributed by atoms with Gasteiger partial charge in [0.25, 0.3) is 5.91 Å². The minimum absolute atomic E-state index is 0.157. The van der Waals surface area contributed by atoms with Crippen molar-refractivity contribution in [1.29, 1.82) is 0 Å². The van der Waals surface area contributed by atoms with Gasteiger partial charge in [-0.2, -0.15) is 0 Å². The SMILES string of the molecule is Cc1nc2ccccn2c1CN1C(=O)NC(C)(c2ccccn2)C1=O. The van der Waals surface area contributed by atoms with E-state index in [2.05, 4.69) is 15.3 Å². The van der Waals surface area contributed by atoms with Gasteiger partial charge in [0, 0.05) is 12.4 Å². The molecule has 4 heterocycles. The lowest BCUT2D eigenvalue weighted by molar-refractivity contribution is -0.131. The number of hydrogen-bond donors (Lipinski definition) is 1. The molecule has 3 aromatic heterocycles.